The van der Waals surface area contributed by atoms with Crippen LogP contribution in [-0.2, 0) is 0 Å². The molecule has 1 aromatic heterocycles. The zero-order chi connectivity index (χ0) is 12.4. The first kappa shape index (κ1) is 12.4. The zero-order valence-electron chi connectivity index (χ0n) is 10.2. The third-order valence-electron chi connectivity index (χ3n) is 3.19. The van der Waals surface area contributed by atoms with Gasteiger partial charge in [0.2, 0.25) is 5.95 Å². The Kier molecular flexibility index (Phi) is 3.69. The molecule has 1 aromatic rings. The Bertz CT molecular complexity index is 397. The smallest absolute Gasteiger partial charge is 0.222 e. The van der Waals surface area contributed by atoms with Crippen LogP contribution in [0.4, 0.5) is 11.8 Å². The lowest BCUT2D eigenvalue weighted by molar-refractivity contribution is 0.206. The molecule has 0 aromatic carbocycles. The van der Waals surface area contributed by atoms with Crippen LogP contribution in [0, 0.1) is 5.92 Å². The van der Waals surface area contributed by atoms with Gasteiger partial charge in [-0.15, -0.1) is 0 Å². The van der Waals surface area contributed by atoms with E-state index >= 15 is 0 Å². The van der Waals surface area contributed by atoms with E-state index in [1.54, 1.807) is 0 Å². The molecule has 17 heavy (non-hydrogen) atoms. The minimum Gasteiger partial charge on any atom is -0.368 e. The first-order chi connectivity index (χ1) is 8.06. The molecule has 1 aliphatic heterocycles. The van der Waals surface area contributed by atoms with Crippen molar-refractivity contribution in [2.45, 2.75) is 19.4 Å². The summed E-state index contributed by atoms with van der Waals surface area (Å²) in [6.07, 6.45) is 2.61. The van der Waals surface area contributed by atoms with E-state index in [0.29, 0.717) is 22.8 Å². The monoisotopic (exact) mass is 255 g/mol. The van der Waals surface area contributed by atoms with Crippen LogP contribution in [0.3, 0.4) is 0 Å². The number of piperidine rings is 1. The predicted octanol–water partition coefficient (Wildman–Crippen LogP) is 1.46. The summed E-state index contributed by atoms with van der Waals surface area (Å²) in [5.41, 5.74) is 5.56. The number of nitrogens with zero attached hydrogens (tertiary/aromatic N) is 3. The number of hydrogen-bond acceptors (Lipinski definition) is 5. The van der Waals surface area contributed by atoms with E-state index in [-0.39, 0.29) is 5.95 Å². The maximum absolute atomic E-state index is 6.04. The third-order valence-corrected chi connectivity index (χ3v) is 3.47. The fourth-order valence-corrected chi connectivity index (χ4v) is 2.37. The number of halogens is 1. The maximum atomic E-state index is 6.04. The van der Waals surface area contributed by atoms with Crippen LogP contribution in [-0.4, -0.2) is 41.0 Å². The van der Waals surface area contributed by atoms with Gasteiger partial charge in [-0.05, 0) is 25.9 Å². The summed E-state index contributed by atoms with van der Waals surface area (Å²) in [4.78, 5) is 10.3. The molecule has 6 heteroatoms. The molecule has 1 fully saturated rings. The van der Waals surface area contributed by atoms with Gasteiger partial charge in [0.15, 0.2) is 5.82 Å². The van der Waals surface area contributed by atoms with E-state index in [0.717, 1.165) is 19.5 Å². The van der Waals surface area contributed by atoms with Crippen molar-refractivity contribution in [1.82, 2.24) is 14.9 Å². The van der Waals surface area contributed by atoms with Crippen molar-refractivity contribution in [2.75, 3.05) is 31.2 Å². The van der Waals surface area contributed by atoms with Crippen molar-refractivity contribution >= 4 is 23.4 Å². The molecule has 1 aliphatic rings. The highest BCUT2D eigenvalue weighted by Crippen LogP contribution is 2.24. The Morgan fingerprint density at radius 1 is 1.59 bits per heavy atom. The lowest BCUT2D eigenvalue weighted by atomic mass is 9.94. The molecule has 2 unspecified atom stereocenters. The maximum Gasteiger partial charge on any atom is 0.222 e. The minimum absolute atomic E-state index is 0.248. The second-order valence-corrected chi connectivity index (χ2v) is 5.11. The number of likely N-dealkylation sites (tertiary alicyclic amines) is 1. The molecule has 3 N–H and O–H groups in total. The molecule has 0 amide bonds. The van der Waals surface area contributed by atoms with E-state index < -0.39 is 0 Å². The van der Waals surface area contributed by atoms with Gasteiger partial charge in [-0.25, -0.2) is 4.98 Å². The molecule has 2 rings (SSSR count). The summed E-state index contributed by atoms with van der Waals surface area (Å²) in [6.45, 7) is 4.39. The summed E-state index contributed by atoms with van der Waals surface area (Å²) in [5, 5.41) is 3.89. The molecule has 2 heterocycles. The fraction of sp³-hybridized carbons (Fsp3) is 0.636. The summed E-state index contributed by atoms with van der Waals surface area (Å²) in [5.74, 6) is 1.44. The molecule has 0 radical (unpaired) electrons. The number of anilines is 2. The van der Waals surface area contributed by atoms with Crippen LogP contribution in [0.15, 0.2) is 6.20 Å². The first-order valence-corrected chi connectivity index (χ1v) is 6.17. The Hall–Kier alpha value is -1.07. The Morgan fingerprint density at radius 3 is 3.06 bits per heavy atom. The largest absolute Gasteiger partial charge is 0.368 e. The van der Waals surface area contributed by atoms with Crippen LogP contribution in [0.5, 0.6) is 0 Å². The van der Waals surface area contributed by atoms with E-state index in [2.05, 4.69) is 34.2 Å². The van der Waals surface area contributed by atoms with Gasteiger partial charge >= 0.3 is 0 Å². The highest BCUT2D eigenvalue weighted by molar-refractivity contribution is 6.32. The first-order valence-electron chi connectivity index (χ1n) is 5.79. The quantitative estimate of drug-likeness (QED) is 0.838. The van der Waals surface area contributed by atoms with Crippen molar-refractivity contribution in [3.05, 3.63) is 11.2 Å². The van der Waals surface area contributed by atoms with Gasteiger partial charge in [0, 0.05) is 12.6 Å². The summed E-state index contributed by atoms with van der Waals surface area (Å²) in [6, 6.07) is 0.387. The Balaban J connectivity index is 2.07. The number of aromatic nitrogens is 2. The standard InChI is InChI=1S/C11H18ClN5/c1-7-6-17(2)4-3-9(7)15-10-8(12)5-14-11(13)16-10/h5,7,9H,3-4,6H2,1-2H3,(H3,13,14,15,16). The highest BCUT2D eigenvalue weighted by Gasteiger charge is 2.24. The zero-order valence-corrected chi connectivity index (χ0v) is 10.9. The number of hydrogen-bond donors (Lipinski definition) is 2. The topological polar surface area (TPSA) is 67.1 Å². The van der Waals surface area contributed by atoms with Crippen LogP contribution < -0.4 is 11.1 Å². The summed E-state index contributed by atoms with van der Waals surface area (Å²) < 4.78 is 0. The molecule has 2 atom stereocenters. The van der Waals surface area contributed by atoms with Crippen LogP contribution >= 0.6 is 11.6 Å². The number of nitrogens with one attached hydrogen (secondary N) is 1. The lowest BCUT2D eigenvalue weighted by Gasteiger charge is -2.35. The molecular formula is C11H18ClN5. The number of nitrogens with two attached hydrogens (primary N) is 1. The van der Waals surface area contributed by atoms with Gasteiger partial charge in [0.1, 0.15) is 5.02 Å². The van der Waals surface area contributed by atoms with E-state index in [1.807, 2.05) is 0 Å². The predicted molar refractivity (Wildman–Crippen MR) is 70.1 cm³/mol. The minimum atomic E-state index is 0.248. The van der Waals surface area contributed by atoms with Crippen molar-refractivity contribution in [1.29, 1.82) is 0 Å². The summed E-state index contributed by atoms with van der Waals surface area (Å²) >= 11 is 6.04. The van der Waals surface area contributed by atoms with E-state index in [9.17, 15) is 0 Å². The summed E-state index contributed by atoms with van der Waals surface area (Å²) in [7, 11) is 2.14. The molecule has 0 saturated carbocycles. The van der Waals surface area contributed by atoms with Gasteiger partial charge < -0.3 is 16.0 Å². The van der Waals surface area contributed by atoms with E-state index in [4.69, 9.17) is 17.3 Å². The van der Waals surface area contributed by atoms with Crippen molar-refractivity contribution in [2.24, 2.45) is 5.92 Å². The molecular weight excluding hydrogens is 238 g/mol. The van der Waals surface area contributed by atoms with Crippen molar-refractivity contribution in [3.63, 3.8) is 0 Å². The average Bonchev–Trinajstić information content (AvgIpc) is 2.27. The van der Waals surface area contributed by atoms with Gasteiger partial charge in [-0.3, -0.25) is 0 Å². The highest BCUT2D eigenvalue weighted by atomic mass is 35.5. The van der Waals surface area contributed by atoms with Gasteiger partial charge in [-0.1, -0.05) is 18.5 Å². The second kappa shape index (κ2) is 5.06. The molecule has 5 nitrogen and oxygen atoms in total. The van der Waals surface area contributed by atoms with Crippen LogP contribution in [0.25, 0.3) is 0 Å². The fourth-order valence-electron chi connectivity index (χ4n) is 2.23. The number of rotatable bonds is 2. The molecule has 0 bridgehead atoms. The van der Waals surface area contributed by atoms with Crippen LogP contribution in [0.1, 0.15) is 13.3 Å². The molecule has 0 aliphatic carbocycles. The van der Waals surface area contributed by atoms with Gasteiger partial charge in [0.25, 0.3) is 0 Å². The molecule has 1 saturated heterocycles. The Morgan fingerprint density at radius 2 is 2.35 bits per heavy atom. The Labute approximate surface area is 106 Å². The SMILES string of the molecule is CC1CN(C)CCC1Nc1nc(N)ncc1Cl. The van der Waals surface area contributed by atoms with Crippen LogP contribution in [0.2, 0.25) is 5.02 Å². The van der Waals surface area contributed by atoms with E-state index in [1.165, 1.54) is 6.20 Å². The van der Waals surface area contributed by atoms with Gasteiger partial charge in [-0.2, -0.15) is 4.98 Å². The molecule has 0 spiro atoms. The third kappa shape index (κ3) is 2.98. The normalized spacial score (nSPS) is 25.8. The second-order valence-electron chi connectivity index (χ2n) is 4.70. The average molecular weight is 256 g/mol. The molecule has 94 valence electrons. The lowest BCUT2D eigenvalue weighted by Crippen LogP contribution is -2.43. The van der Waals surface area contributed by atoms with Crippen molar-refractivity contribution < 1.29 is 0 Å². The number of nitrogen functional groups attached to an aromatic ring is 1. The van der Waals surface area contributed by atoms with Crippen molar-refractivity contribution in [3.8, 4) is 0 Å². The van der Waals surface area contributed by atoms with Gasteiger partial charge in [0.05, 0.1) is 6.20 Å².